The van der Waals surface area contributed by atoms with E-state index >= 15 is 0 Å². The fraction of sp³-hybridized carbons (Fsp3) is 0.200. The summed E-state index contributed by atoms with van der Waals surface area (Å²) in [5.74, 6) is -0.251. The zero-order valence-corrected chi connectivity index (χ0v) is 11.7. The monoisotopic (exact) mass is 278 g/mol. The molecule has 0 spiro atoms. The second-order valence-electron chi connectivity index (χ2n) is 4.50. The first kappa shape index (κ1) is 13.7. The Hall–Kier alpha value is -1.74. The van der Waals surface area contributed by atoms with Crippen LogP contribution < -0.4 is 10.2 Å². The Kier molecular flexibility index (Phi) is 4.27. The number of benzene rings is 2. The average Bonchev–Trinajstić information content (AvgIpc) is 2.40. The maximum Gasteiger partial charge on any atom is 0.128 e. The first-order chi connectivity index (χ1) is 9.08. The molecule has 0 heterocycles. The van der Waals surface area contributed by atoms with Gasteiger partial charge in [0.05, 0.1) is 11.4 Å². The van der Waals surface area contributed by atoms with Gasteiger partial charge in [0.15, 0.2) is 0 Å². The minimum Gasteiger partial charge on any atom is -0.379 e. The van der Waals surface area contributed by atoms with Gasteiger partial charge in [-0.05, 0) is 30.3 Å². The normalized spacial score (nSPS) is 10.3. The summed E-state index contributed by atoms with van der Waals surface area (Å²) >= 11 is 5.88. The smallest absolute Gasteiger partial charge is 0.128 e. The Labute approximate surface area is 117 Å². The van der Waals surface area contributed by atoms with Gasteiger partial charge in [-0.2, -0.15) is 0 Å². The van der Waals surface area contributed by atoms with Gasteiger partial charge in [-0.15, -0.1) is 0 Å². The van der Waals surface area contributed by atoms with Crippen LogP contribution in [0, 0.1) is 5.82 Å². The van der Waals surface area contributed by atoms with Crippen molar-refractivity contribution in [1.82, 2.24) is 0 Å². The molecule has 4 heteroatoms. The number of nitrogens with zero attached hydrogens (tertiary/aromatic N) is 1. The van der Waals surface area contributed by atoms with E-state index in [2.05, 4.69) is 5.32 Å². The van der Waals surface area contributed by atoms with Crippen molar-refractivity contribution in [1.29, 1.82) is 0 Å². The highest BCUT2D eigenvalue weighted by atomic mass is 35.5. The third-order valence-corrected chi connectivity index (χ3v) is 3.10. The summed E-state index contributed by atoms with van der Waals surface area (Å²) in [6.07, 6.45) is 0. The highest BCUT2D eigenvalue weighted by Gasteiger charge is 2.06. The summed E-state index contributed by atoms with van der Waals surface area (Å²) < 4.78 is 13.6. The van der Waals surface area contributed by atoms with Crippen LogP contribution in [-0.4, -0.2) is 14.1 Å². The molecule has 0 aromatic heterocycles. The number of anilines is 2. The SMILES string of the molecule is CN(C)c1ccccc1NCc1cc(Cl)ccc1F. The predicted octanol–water partition coefficient (Wildman–Crippen LogP) is 4.16. The van der Waals surface area contributed by atoms with E-state index in [1.54, 1.807) is 12.1 Å². The van der Waals surface area contributed by atoms with Crippen molar-refractivity contribution in [3.8, 4) is 0 Å². The summed E-state index contributed by atoms with van der Waals surface area (Å²) in [6.45, 7) is 0.400. The van der Waals surface area contributed by atoms with E-state index in [9.17, 15) is 4.39 Å². The molecule has 0 radical (unpaired) electrons. The van der Waals surface area contributed by atoms with Gasteiger partial charge in [-0.1, -0.05) is 23.7 Å². The van der Waals surface area contributed by atoms with Crippen LogP contribution in [0.5, 0.6) is 0 Å². The largest absolute Gasteiger partial charge is 0.379 e. The third kappa shape index (κ3) is 3.38. The Bertz CT molecular complexity index is 570. The Morgan fingerprint density at radius 2 is 1.89 bits per heavy atom. The molecule has 1 N–H and O–H groups in total. The number of para-hydroxylation sites is 2. The van der Waals surface area contributed by atoms with Crippen molar-refractivity contribution in [3.05, 3.63) is 58.9 Å². The average molecular weight is 279 g/mol. The van der Waals surface area contributed by atoms with Gasteiger partial charge in [0, 0.05) is 31.2 Å². The molecule has 0 saturated heterocycles. The van der Waals surface area contributed by atoms with E-state index < -0.39 is 0 Å². The van der Waals surface area contributed by atoms with Crippen LogP contribution in [-0.2, 0) is 6.54 Å². The molecule has 0 bridgehead atoms. The van der Waals surface area contributed by atoms with Crippen LogP contribution in [0.1, 0.15) is 5.56 Å². The van der Waals surface area contributed by atoms with E-state index in [1.165, 1.54) is 6.07 Å². The first-order valence-electron chi connectivity index (χ1n) is 6.02. The van der Waals surface area contributed by atoms with Crippen LogP contribution in [0.15, 0.2) is 42.5 Å². The summed E-state index contributed by atoms with van der Waals surface area (Å²) in [6, 6.07) is 12.5. The van der Waals surface area contributed by atoms with E-state index in [0.717, 1.165) is 11.4 Å². The third-order valence-electron chi connectivity index (χ3n) is 2.86. The van der Waals surface area contributed by atoms with Gasteiger partial charge in [0.25, 0.3) is 0 Å². The van der Waals surface area contributed by atoms with Gasteiger partial charge in [0.2, 0.25) is 0 Å². The van der Waals surface area contributed by atoms with E-state index in [4.69, 9.17) is 11.6 Å². The zero-order chi connectivity index (χ0) is 13.8. The topological polar surface area (TPSA) is 15.3 Å². The lowest BCUT2D eigenvalue weighted by Crippen LogP contribution is -2.12. The van der Waals surface area contributed by atoms with E-state index in [0.29, 0.717) is 17.1 Å². The van der Waals surface area contributed by atoms with Crippen molar-refractivity contribution in [2.75, 3.05) is 24.3 Å². The second kappa shape index (κ2) is 5.93. The number of hydrogen-bond acceptors (Lipinski definition) is 2. The number of hydrogen-bond donors (Lipinski definition) is 1. The quantitative estimate of drug-likeness (QED) is 0.903. The van der Waals surface area contributed by atoms with Crippen LogP contribution in [0.25, 0.3) is 0 Å². The molecule has 0 atom stereocenters. The first-order valence-corrected chi connectivity index (χ1v) is 6.40. The fourth-order valence-electron chi connectivity index (χ4n) is 1.88. The molecule has 0 fully saturated rings. The maximum atomic E-state index is 13.6. The van der Waals surface area contributed by atoms with Crippen molar-refractivity contribution in [2.24, 2.45) is 0 Å². The van der Waals surface area contributed by atoms with Crippen LogP contribution >= 0.6 is 11.6 Å². The summed E-state index contributed by atoms with van der Waals surface area (Å²) in [5.41, 5.74) is 2.58. The molecule has 2 aromatic carbocycles. The highest BCUT2D eigenvalue weighted by molar-refractivity contribution is 6.30. The molecular weight excluding hydrogens is 263 g/mol. The molecule has 0 aliphatic rings. The van der Waals surface area contributed by atoms with Gasteiger partial charge in [0.1, 0.15) is 5.82 Å². The summed E-state index contributed by atoms with van der Waals surface area (Å²) in [4.78, 5) is 2.01. The minimum absolute atomic E-state index is 0.251. The molecule has 0 saturated carbocycles. The van der Waals surface area contributed by atoms with Crippen LogP contribution in [0.2, 0.25) is 5.02 Å². The second-order valence-corrected chi connectivity index (χ2v) is 4.94. The molecule has 2 aromatic rings. The molecule has 2 rings (SSSR count). The lowest BCUT2D eigenvalue weighted by atomic mass is 10.2. The van der Waals surface area contributed by atoms with Gasteiger partial charge < -0.3 is 10.2 Å². The fourth-order valence-corrected chi connectivity index (χ4v) is 2.08. The van der Waals surface area contributed by atoms with Crippen LogP contribution in [0.3, 0.4) is 0 Å². The Balaban J connectivity index is 2.17. The van der Waals surface area contributed by atoms with Crippen molar-refractivity contribution in [2.45, 2.75) is 6.54 Å². The molecule has 19 heavy (non-hydrogen) atoms. The van der Waals surface area contributed by atoms with Gasteiger partial charge in [-0.3, -0.25) is 0 Å². The molecule has 2 nitrogen and oxygen atoms in total. The van der Waals surface area contributed by atoms with Gasteiger partial charge >= 0.3 is 0 Å². The number of halogens is 2. The van der Waals surface area contributed by atoms with Crippen molar-refractivity contribution in [3.63, 3.8) is 0 Å². The Morgan fingerprint density at radius 1 is 1.16 bits per heavy atom. The standard InChI is InChI=1S/C15H16ClFN2/c1-19(2)15-6-4-3-5-14(15)18-10-11-9-12(16)7-8-13(11)17/h3-9,18H,10H2,1-2H3. The highest BCUT2D eigenvalue weighted by Crippen LogP contribution is 2.24. The Morgan fingerprint density at radius 3 is 2.63 bits per heavy atom. The molecular formula is C15H16ClFN2. The number of rotatable bonds is 4. The zero-order valence-electron chi connectivity index (χ0n) is 11.0. The van der Waals surface area contributed by atoms with Crippen LogP contribution in [0.4, 0.5) is 15.8 Å². The summed E-state index contributed by atoms with van der Waals surface area (Å²) in [7, 11) is 3.95. The molecule has 0 unspecified atom stereocenters. The van der Waals surface area contributed by atoms with E-state index in [-0.39, 0.29) is 5.82 Å². The summed E-state index contributed by atoms with van der Waals surface area (Å²) in [5, 5.41) is 3.78. The predicted molar refractivity (Wildman–Crippen MR) is 79.5 cm³/mol. The minimum atomic E-state index is -0.251. The molecule has 0 amide bonds. The maximum absolute atomic E-state index is 13.6. The molecule has 0 aliphatic heterocycles. The lowest BCUT2D eigenvalue weighted by Gasteiger charge is -2.18. The van der Waals surface area contributed by atoms with E-state index in [1.807, 2.05) is 43.3 Å². The molecule has 0 aliphatic carbocycles. The molecule has 100 valence electrons. The van der Waals surface area contributed by atoms with Gasteiger partial charge in [-0.25, -0.2) is 4.39 Å². The number of nitrogens with one attached hydrogen (secondary N) is 1. The lowest BCUT2D eigenvalue weighted by molar-refractivity contribution is 0.613. The van der Waals surface area contributed by atoms with Crippen molar-refractivity contribution < 1.29 is 4.39 Å². The van der Waals surface area contributed by atoms with Crippen molar-refractivity contribution >= 4 is 23.0 Å².